The number of halogens is 1. The van der Waals surface area contributed by atoms with E-state index < -0.39 is 18.3 Å². The monoisotopic (exact) mass is 706 g/mol. The first-order valence-electron chi connectivity index (χ1n) is 17.8. The van der Waals surface area contributed by atoms with Gasteiger partial charge in [-0.3, -0.25) is 14.5 Å². The number of nitrogens with zero attached hydrogens (tertiary/aromatic N) is 5. The minimum absolute atomic E-state index is 0.101. The summed E-state index contributed by atoms with van der Waals surface area (Å²) in [5.41, 5.74) is 4.28. The van der Waals surface area contributed by atoms with Crippen molar-refractivity contribution >= 4 is 40.6 Å². The van der Waals surface area contributed by atoms with Crippen molar-refractivity contribution in [2.45, 2.75) is 57.2 Å². The highest BCUT2D eigenvalue weighted by Gasteiger charge is 2.31. The lowest BCUT2D eigenvalue weighted by Gasteiger charge is -2.45. The first-order valence-corrected chi connectivity index (χ1v) is 17.8. The van der Waals surface area contributed by atoms with E-state index in [2.05, 4.69) is 49.2 Å². The quantitative estimate of drug-likeness (QED) is 0.140. The maximum Gasteiger partial charge on any atom is 0.259 e. The number of pyridine rings is 1. The lowest BCUT2D eigenvalue weighted by molar-refractivity contribution is -0.111. The van der Waals surface area contributed by atoms with Gasteiger partial charge in [0.1, 0.15) is 11.6 Å². The maximum absolute atomic E-state index is 14.9. The number of rotatable bonds is 11. The van der Waals surface area contributed by atoms with E-state index in [4.69, 9.17) is 9.72 Å². The third kappa shape index (κ3) is 7.81. The van der Waals surface area contributed by atoms with Crippen LogP contribution in [0.15, 0.2) is 73.6 Å². The molecule has 270 valence electrons. The molecule has 0 radical (unpaired) electrons. The number of piperazine rings is 1. The first kappa shape index (κ1) is 35.2. The molecular formula is C39H43FN8O4. The van der Waals surface area contributed by atoms with Crippen LogP contribution in [-0.2, 0) is 16.1 Å². The van der Waals surface area contributed by atoms with Crippen molar-refractivity contribution in [1.82, 2.24) is 19.9 Å². The van der Waals surface area contributed by atoms with Gasteiger partial charge in [-0.05, 0) is 92.6 Å². The predicted octanol–water partition coefficient (Wildman–Crippen LogP) is 5.86. The smallest absolute Gasteiger partial charge is 0.259 e. The number of benzene rings is 2. The van der Waals surface area contributed by atoms with Gasteiger partial charge in [0.05, 0.1) is 29.2 Å². The van der Waals surface area contributed by atoms with E-state index >= 15 is 0 Å². The lowest BCUT2D eigenvalue weighted by atomic mass is 10.0. The number of nitrogens with one attached hydrogen (secondary N) is 3. The zero-order chi connectivity index (χ0) is 36.2. The second-order valence-corrected chi connectivity index (χ2v) is 13.5. The average Bonchev–Trinajstić information content (AvgIpc) is 4.01. The Kier molecular flexibility index (Phi) is 10.5. The molecule has 4 aromatic rings. The van der Waals surface area contributed by atoms with Gasteiger partial charge in [-0.15, -0.1) is 0 Å². The SMILES string of the molecule is C=CC(=O)Nc1cc(Nc2nccc(-c3ccnc(NC(=O)c4ccc(C5CC5)cc4F)c3CO)n2)ccc1N1CCN(C2CCOCC2)C[C@@H]1C. The summed E-state index contributed by atoms with van der Waals surface area (Å²) in [5.74, 6) is -0.852. The highest BCUT2D eigenvalue weighted by Crippen LogP contribution is 2.40. The topological polar surface area (TPSA) is 145 Å². The van der Waals surface area contributed by atoms with E-state index in [9.17, 15) is 19.1 Å². The van der Waals surface area contributed by atoms with Crippen LogP contribution in [0.3, 0.4) is 0 Å². The van der Waals surface area contributed by atoms with Gasteiger partial charge in [-0.1, -0.05) is 12.6 Å². The number of aliphatic hydroxyl groups excluding tert-OH is 1. The second-order valence-electron chi connectivity index (χ2n) is 13.5. The number of ether oxygens (including phenoxy) is 1. The number of hydrogen-bond acceptors (Lipinski definition) is 10. The zero-order valence-corrected chi connectivity index (χ0v) is 29.1. The molecule has 2 aromatic carbocycles. The molecule has 2 saturated heterocycles. The lowest BCUT2D eigenvalue weighted by Crippen LogP contribution is -2.56. The van der Waals surface area contributed by atoms with Crippen molar-refractivity contribution < 1.29 is 23.8 Å². The predicted molar refractivity (Wildman–Crippen MR) is 198 cm³/mol. The van der Waals surface area contributed by atoms with E-state index in [1.165, 1.54) is 24.4 Å². The second kappa shape index (κ2) is 15.6. The van der Waals surface area contributed by atoms with Gasteiger partial charge in [-0.2, -0.15) is 0 Å². The fourth-order valence-electron chi connectivity index (χ4n) is 7.13. The third-order valence-electron chi connectivity index (χ3n) is 10.0. The molecule has 2 aliphatic heterocycles. The summed E-state index contributed by atoms with van der Waals surface area (Å²) >= 11 is 0. The number of carbonyl (C=O) groups is 2. The van der Waals surface area contributed by atoms with Crippen LogP contribution in [0.1, 0.15) is 60.0 Å². The summed E-state index contributed by atoms with van der Waals surface area (Å²) in [5, 5.41) is 19.3. The molecular weight excluding hydrogens is 663 g/mol. The highest BCUT2D eigenvalue weighted by atomic mass is 19.1. The molecule has 0 spiro atoms. The van der Waals surface area contributed by atoms with Crippen molar-refractivity contribution in [1.29, 1.82) is 0 Å². The molecule has 2 amide bonds. The van der Waals surface area contributed by atoms with Crippen LogP contribution in [0.25, 0.3) is 11.3 Å². The zero-order valence-electron chi connectivity index (χ0n) is 29.1. The summed E-state index contributed by atoms with van der Waals surface area (Å²) in [6.45, 7) is 9.65. The molecule has 4 N–H and O–H groups in total. The number of hydrogen-bond donors (Lipinski definition) is 4. The van der Waals surface area contributed by atoms with Crippen LogP contribution < -0.4 is 20.9 Å². The van der Waals surface area contributed by atoms with Gasteiger partial charge in [0, 0.05) is 74.1 Å². The van der Waals surface area contributed by atoms with Gasteiger partial charge < -0.3 is 30.7 Å². The summed E-state index contributed by atoms with van der Waals surface area (Å²) in [4.78, 5) is 43.9. The van der Waals surface area contributed by atoms with Gasteiger partial charge >= 0.3 is 0 Å². The largest absolute Gasteiger partial charge is 0.392 e. The highest BCUT2D eigenvalue weighted by molar-refractivity contribution is 6.05. The Morgan fingerprint density at radius 1 is 1.02 bits per heavy atom. The molecule has 13 heteroatoms. The van der Waals surface area contributed by atoms with E-state index in [1.807, 2.05) is 18.2 Å². The van der Waals surface area contributed by atoms with Crippen LogP contribution in [0.4, 0.5) is 33.2 Å². The van der Waals surface area contributed by atoms with Crippen molar-refractivity contribution in [3.05, 3.63) is 96.1 Å². The summed E-state index contributed by atoms with van der Waals surface area (Å²) < 4.78 is 20.4. The van der Waals surface area contributed by atoms with Crippen LogP contribution in [0.2, 0.25) is 0 Å². The van der Waals surface area contributed by atoms with Crippen molar-refractivity contribution in [3.63, 3.8) is 0 Å². The van der Waals surface area contributed by atoms with E-state index in [1.54, 1.807) is 24.4 Å². The molecule has 0 unspecified atom stereocenters. The standard InChI is InChI=1S/C39H43FN8O4/c1-3-36(50)44-34-21-27(7-9-35(34)48-17-16-47(22-24(48)2)28-12-18-52-19-13-28)43-39-42-15-11-33(45-39)29-10-14-41-37(31(29)23-49)46-38(51)30-8-6-26(20-32(30)40)25-4-5-25/h3,6-11,14-15,20-21,24-25,28,49H,1,4-5,12-13,16-19,22-23H2,2H3,(H,44,50)(H,41,46,51)(H,42,43,45)/t24-/m0/s1. The van der Waals surface area contributed by atoms with E-state index in [-0.39, 0.29) is 29.3 Å². The van der Waals surface area contributed by atoms with Crippen molar-refractivity contribution in [2.24, 2.45) is 0 Å². The molecule has 52 heavy (non-hydrogen) atoms. The Labute approximate surface area is 302 Å². The molecule has 7 rings (SSSR count). The van der Waals surface area contributed by atoms with Gasteiger partial charge in [-0.25, -0.2) is 19.3 Å². The van der Waals surface area contributed by atoms with Gasteiger partial charge in [0.25, 0.3) is 5.91 Å². The summed E-state index contributed by atoms with van der Waals surface area (Å²) in [6, 6.07) is 14.5. The molecule has 0 bridgehead atoms. The normalized spacial score (nSPS) is 18.1. The van der Waals surface area contributed by atoms with E-state index in [0.29, 0.717) is 40.2 Å². The van der Waals surface area contributed by atoms with Crippen molar-refractivity contribution in [2.75, 3.05) is 53.7 Å². The van der Waals surface area contributed by atoms with Crippen LogP contribution in [-0.4, -0.2) is 81.7 Å². The fourth-order valence-corrected chi connectivity index (χ4v) is 7.13. The van der Waals surface area contributed by atoms with E-state index in [0.717, 1.165) is 69.8 Å². The van der Waals surface area contributed by atoms with Crippen LogP contribution in [0, 0.1) is 5.82 Å². The maximum atomic E-state index is 14.9. The van der Waals surface area contributed by atoms with Crippen molar-refractivity contribution in [3.8, 4) is 11.3 Å². The molecule has 12 nitrogen and oxygen atoms in total. The minimum Gasteiger partial charge on any atom is -0.392 e. The molecule has 1 aliphatic carbocycles. The first-order chi connectivity index (χ1) is 25.3. The van der Waals surface area contributed by atoms with Crippen LogP contribution >= 0.6 is 0 Å². The third-order valence-corrected chi connectivity index (χ3v) is 10.0. The number of anilines is 5. The molecule has 3 aliphatic rings. The summed E-state index contributed by atoms with van der Waals surface area (Å²) in [7, 11) is 0. The molecule has 1 atom stereocenters. The number of aliphatic hydroxyl groups is 1. The Hall–Kier alpha value is -5.24. The van der Waals surface area contributed by atoms with Gasteiger partial charge in [0.15, 0.2) is 0 Å². The fraction of sp³-hybridized carbons (Fsp3) is 0.359. The Balaban J connectivity index is 1.09. The average molecular weight is 707 g/mol. The molecule has 2 aromatic heterocycles. The number of amides is 2. The molecule has 4 heterocycles. The number of aromatic nitrogens is 3. The number of carbonyl (C=O) groups excluding carboxylic acids is 2. The minimum atomic E-state index is -0.664. The summed E-state index contributed by atoms with van der Waals surface area (Å²) in [6.07, 6.45) is 8.46. The van der Waals surface area contributed by atoms with Gasteiger partial charge in [0.2, 0.25) is 11.9 Å². The van der Waals surface area contributed by atoms with Crippen LogP contribution in [0.5, 0.6) is 0 Å². The Morgan fingerprint density at radius 2 is 1.83 bits per heavy atom. The molecule has 3 fully saturated rings. The molecule has 1 saturated carbocycles. The Morgan fingerprint density at radius 3 is 2.56 bits per heavy atom. The Bertz CT molecular complexity index is 1960.